The molecule has 1 atom stereocenters. The Morgan fingerprint density at radius 3 is 2.37 bits per heavy atom. The van der Waals surface area contributed by atoms with E-state index in [0.29, 0.717) is 6.42 Å². The minimum absolute atomic E-state index is 0.545. The molecule has 0 aliphatic heterocycles. The van der Waals surface area contributed by atoms with Crippen LogP contribution in [0.1, 0.15) is 24.8 Å². The van der Waals surface area contributed by atoms with Crippen LogP contribution in [0, 0.1) is 6.92 Å². The minimum atomic E-state index is -0.910. The van der Waals surface area contributed by atoms with Crippen LogP contribution < -0.4 is 10.2 Å². The van der Waals surface area contributed by atoms with Crippen LogP contribution in [0.15, 0.2) is 24.3 Å². The van der Waals surface area contributed by atoms with Gasteiger partial charge in [0.25, 0.3) is 0 Å². The highest BCUT2D eigenvalue weighted by molar-refractivity contribution is 5.72. The smallest absolute Gasteiger partial charge is 0.320 e. The molecule has 19 heavy (non-hydrogen) atoms. The van der Waals surface area contributed by atoms with E-state index in [0.717, 1.165) is 23.9 Å². The average Bonchev–Trinajstić information content (AvgIpc) is 2.34. The molecule has 0 heterocycles. The largest absolute Gasteiger partial charge is 0.480 e. The van der Waals surface area contributed by atoms with Crippen molar-refractivity contribution in [3.63, 3.8) is 0 Å². The van der Waals surface area contributed by atoms with Crippen molar-refractivity contribution in [1.82, 2.24) is 4.48 Å². The first-order valence-electron chi connectivity index (χ1n) is 6.71. The van der Waals surface area contributed by atoms with E-state index in [1.165, 1.54) is 11.3 Å². The quantitative estimate of drug-likeness (QED) is 0.586. The molecule has 0 spiro atoms. The number of nitrogens with two attached hydrogens (primary N) is 1. The lowest BCUT2D eigenvalue weighted by molar-refractivity contribution is -0.138. The summed E-state index contributed by atoms with van der Waals surface area (Å²) in [5.41, 5.74) is 8.02. The fourth-order valence-corrected chi connectivity index (χ4v) is 2.07. The molecule has 0 amide bonds. The predicted octanol–water partition coefficient (Wildman–Crippen LogP) is 2.14. The monoisotopic (exact) mass is 265 g/mol. The molecule has 0 radical (unpaired) electrons. The van der Waals surface area contributed by atoms with Crippen molar-refractivity contribution in [3.05, 3.63) is 29.8 Å². The summed E-state index contributed by atoms with van der Waals surface area (Å²) in [6.45, 7) is 3.06. The van der Waals surface area contributed by atoms with Crippen molar-refractivity contribution in [2.45, 2.75) is 32.2 Å². The molecule has 1 rings (SSSR count). The lowest BCUT2D eigenvalue weighted by Gasteiger charge is -2.29. The third kappa shape index (κ3) is 5.01. The van der Waals surface area contributed by atoms with Gasteiger partial charge in [-0.25, -0.2) is 0 Å². The Labute approximate surface area is 115 Å². The van der Waals surface area contributed by atoms with Crippen molar-refractivity contribution in [1.29, 1.82) is 0 Å². The van der Waals surface area contributed by atoms with Gasteiger partial charge in [0.2, 0.25) is 0 Å². The van der Waals surface area contributed by atoms with E-state index in [2.05, 4.69) is 45.3 Å². The molecule has 4 nitrogen and oxygen atoms in total. The standard InChI is InChI=1S/C15H24N2O2/c1-12-7-9-13(10-8-12)17(2,3)11-5-4-6-14(16)15(18)19/h7-10,14H,4-6,11,16H2,1-3H3/p+1. The van der Waals surface area contributed by atoms with E-state index in [1.54, 1.807) is 0 Å². The van der Waals surface area contributed by atoms with E-state index in [4.69, 9.17) is 10.8 Å². The second-order valence-electron chi connectivity index (χ2n) is 5.68. The zero-order chi connectivity index (χ0) is 14.5. The zero-order valence-corrected chi connectivity index (χ0v) is 12.1. The van der Waals surface area contributed by atoms with Crippen LogP contribution in [0.4, 0.5) is 5.69 Å². The molecule has 1 unspecified atom stereocenters. The predicted molar refractivity (Wildman–Crippen MR) is 79.2 cm³/mol. The van der Waals surface area contributed by atoms with E-state index in [-0.39, 0.29) is 0 Å². The first-order valence-corrected chi connectivity index (χ1v) is 6.71. The number of hydrogen-bond donors (Lipinski definition) is 2. The maximum atomic E-state index is 10.6. The van der Waals surface area contributed by atoms with Crippen LogP contribution in [0.5, 0.6) is 0 Å². The number of hydrogen-bond acceptors (Lipinski definition) is 2. The SMILES string of the molecule is Cc1ccc([N+](C)(C)CCCCC(N)C(=O)O)cc1. The number of benzene rings is 1. The van der Waals surface area contributed by atoms with Gasteiger partial charge >= 0.3 is 5.97 Å². The zero-order valence-electron chi connectivity index (χ0n) is 12.1. The van der Waals surface area contributed by atoms with Crippen molar-refractivity contribution in [2.75, 3.05) is 20.6 Å². The third-order valence-corrected chi connectivity index (χ3v) is 3.53. The summed E-state index contributed by atoms with van der Waals surface area (Å²) < 4.78 is 0.808. The molecule has 4 heteroatoms. The van der Waals surface area contributed by atoms with Gasteiger partial charge in [0.05, 0.1) is 20.6 Å². The van der Waals surface area contributed by atoms with Crippen LogP contribution in [0.2, 0.25) is 0 Å². The topological polar surface area (TPSA) is 63.3 Å². The van der Waals surface area contributed by atoms with Gasteiger partial charge in [0.15, 0.2) is 0 Å². The fraction of sp³-hybridized carbons (Fsp3) is 0.533. The average molecular weight is 265 g/mol. The normalized spacial score (nSPS) is 13.3. The Bertz CT molecular complexity index is 413. The van der Waals surface area contributed by atoms with E-state index < -0.39 is 12.0 Å². The number of carbonyl (C=O) groups is 1. The molecule has 0 aromatic heterocycles. The number of unbranched alkanes of at least 4 members (excludes halogenated alkanes) is 1. The van der Waals surface area contributed by atoms with E-state index in [1.807, 2.05) is 0 Å². The first-order chi connectivity index (χ1) is 8.83. The lowest BCUT2D eigenvalue weighted by atomic mass is 10.1. The summed E-state index contributed by atoms with van der Waals surface area (Å²) in [4.78, 5) is 10.6. The second-order valence-corrected chi connectivity index (χ2v) is 5.68. The van der Waals surface area contributed by atoms with E-state index >= 15 is 0 Å². The van der Waals surface area contributed by atoms with Gasteiger partial charge < -0.3 is 10.8 Å². The van der Waals surface area contributed by atoms with Gasteiger partial charge in [0, 0.05) is 0 Å². The molecule has 106 valence electrons. The highest BCUT2D eigenvalue weighted by Gasteiger charge is 2.18. The number of nitrogens with zero attached hydrogens (tertiary/aromatic N) is 1. The van der Waals surface area contributed by atoms with Gasteiger partial charge in [-0.15, -0.1) is 0 Å². The molecule has 0 saturated carbocycles. The Hall–Kier alpha value is -1.39. The lowest BCUT2D eigenvalue weighted by Crippen LogP contribution is -2.41. The number of carboxylic acid groups (broad SMARTS) is 1. The number of aliphatic carboxylic acids is 1. The number of rotatable bonds is 7. The highest BCUT2D eigenvalue weighted by Crippen LogP contribution is 2.20. The Kier molecular flexibility index (Phi) is 5.51. The molecule has 0 fully saturated rings. The van der Waals surface area contributed by atoms with Crippen LogP contribution >= 0.6 is 0 Å². The number of aryl methyl sites for hydroxylation is 1. The summed E-state index contributed by atoms with van der Waals surface area (Å²) in [6, 6.07) is 7.82. The van der Waals surface area contributed by atoms with Gasteiger partial charge in [0.1, 0.15) is 11.7 Å². The summed E-state index contributed by atoms with van der Waals surface area (Å²) in [7, 11) is 4.34. The second kappa shape index (κ2) is 6.68. The van der Waals surface area contributed by atoms with Crippen molar-refractivity contribution < 1.29 is 9.90 Å². The minimum Gasteiger partial charge on any atom is -0.480 e. The molecule has 0 aliphatic carbocycles. The maximum Gasteiger partial charge on any atom is 0.320 e. The Balaban J connectivity index is 2.43. The molecule has 0 bridgehead atoms. The summed E-state index contributed by atoms with van der Waals surface area (Å²) >= 11 is 0. The van der Waals surface area contributed by atoms with Crippen LogP contribution in [0.25, 0.3) is 0 Å². The van der Waals surface area contributed by atoms with Gasteiger partial charge in [-0.2, -0.15) is 0 Å². The van der Waals surface area contributed by atoms with Gasteiger partial charge in [-0.05, 0) is 38.3 Å². The van der Waals surface area contributed by atoms with Crippen molar-refractivity contribution in [3.8, 4) is 0 Å². The molecular formula is C15H25N2O2+. The maximum absolute atomic E-state index is 10.6. The summed E-state index contributed by atoms with van der Waals surface area (Å²) in [5.74, 6) is -0.910. The summed E-state index contributed by atoms with van der Waals surface area (Å²) in [5, 5.41) is 8.72. The van der Waals surface area contributed by atoms with Crippen LogP contribution in [-0.2, 0) is 4.79 Å². The Morgan fingerprint density at radius 2 is 1.84 bits per heavy atom. The van der Waals surface area contributed by atoms with Crippen LogP contribution in [-0.4, -0.2) is 37.8 Å². The molecule has 0 aliphatic rings. The Morgan fingerprint density at radius 1 is 1.26 bits per heavy atom. The van der Waals surface area contributed by atoms with Crippen molar-refractivity contribution in [2.24, 2.45) is 5.73 Å². The molecule has 3 N–H and O–H groups in total. The molecule has 0 saturated heterocycles. The van der Waals surface area contributed by atoms with Crippen molar-refractivity contribution >= 4 is 11.7 Å². The number of carboxylic acids is 1. The summed E-state index contributed by atoms with van der Waals surface area (Å²) in [6.07, 6.45) is 2.37. The first kappa shape index (κ1) is 15.7. The number of quaternary nitrogens is 1. The van der Waals surface area contributed by atoms with Crippen LogP contribution in [0.3, 0.4) is 0 Å². The van der Waals surface area contributed by atoms with Gasteiger partial charge in [-0.3, -0.25) is 9.28 Å². The van der Waals surface area contributed by atoms with Gasteiger partial charge in [-0.1, -0.05) is 17.7 Å². The highest BCUT2D eigenvalue weighted by atomic mass is 16.4. The fourth-order valence-electron chi connectivity index (χ4n) is 2.07. The molecule has 1 aromatic rings. The molecule has 1 aromatic carbocycles. The van der Waals surface area contributed by atoms with E-state index in [9.17, 15) is 4.79 Å². The molecular weight excluding hydrogens is 240 g/mol. The third-order valence-electron chi connectivity index (χ3n) is 3.53.